The fraction of sp³-hybridized carbons (Fsp3) is 0.500. The largest absolute Gasteiger partial charge is 0.496 e. The fourth-order valence-corrected chi connectivity index (χ4v) is 4.01. The lowest BCUT2D eigenvalue weighted by Gasteiger charge is -2.38. The van der Waals surface area contributed by atoms with Crippen LogP contribution in [-0.2, 0) is 4.74 Å². The lowest BCUT2D eigenvalue weighted by Crippen LogP contribution is -2.52. The number of nitrogens with zero attached hydrogens (tertiary/aromatic N) is 2. The molecular formula is C26H35FN2O5. The number of carbonyl (C=O) groups is 1. The van der Waals surface area contributed by atoms with E-state index in [1.54, 1.807) is 19.2 Å². The zero-order valence-corrected chi connectivity index (χ0v) is 20.2. The molecule has 1 heterocycles. The predicted molar refractivity (Wildman–Crippen MR) is 128 cm³/mol. The second-order valence-corrected chi connectivity index (χ2v) is 8.59. The Morgan fingerprint density at radius 1 is 1.26 bits per heavy atom. The van der Waals surface area contributed by atoms with E-state index < -0.39 is 6.10 Å². The summed E-state index contributed by atoms with van der Waals surface area (Å²) in [5, 5.41) is 10.4. The molecule has 1 amide bonds. The first kappa shape index (κ1) is 25.9. The van der Waals surface area contributed by atoms with Gasteiger partial charge in [0.05, 0.1) is 25.4 Å². The summed E-state index contributed by atoms with van der Waals surface area (Å²) in [6.45, 7) is 6.87. The van der Waals surface area contributed by atoms with Gasteiger partial charge in [-0.25, -0.2) is 4.39 Å². The zero-order valence-electron chi connectivity index (χ0n) is 20.2. The molecule has 0 saturated carbocycles. The number of hydrogen-bond donors (Lipinski definition) is 1. The van der Waals surface area contributed by atoms with E-state index in [-0.39, 0.29) is 30.5 Å². The van der Waals surface area contributed by atoms with Gasteiger partial charge in [0.25, 0.3) is 5.91 Å². The first-order valence-corrected chi connectivity index (χ1v) is 11.8. The summed E-state index contributed by atoms with van der Waals surface area (Å²) in [5.41, 5.74) is 0.534. The van der Waals surface area contributed by atoms with E-state index >= 15 is 0 Å². The SMILES string of the molecule is CCC(C)N(CC1CN(CC(O)COc2ccc(F)cc2)CCO1)C(=O)c1ccccc1OC. The van der Waals surface area contributed by atoms with Gasteiger partial charge in [-0.15, -0.1) is 0 Å². The average molecular weight is 475 g/mol. The molecule has 3 atom stereocenters. The molecule has 34 heavy (non-hydrogen) atoms. The molecule has 1 N–H and O–H groups in total. The minimum absolute atomic E-state index is 0.0334. The number of morpholine rings is 1. The number of methoxy groups -OCH3 is 1. The van der Waals surface area contributed by atoms with Gasteiger partial charge in [-0.1, -0.05) is 19.1 Å². The summed E-state index contributed by atoms with van der Waals surface area (Å²) in [6.07, 6.45) is -0.0622. The van der Waals surface area contributed by atoms with Crippen LogP contribution in [0, 0.1) is 5.82 Å². The fourth-order valence-electron chi connectivity index (χ4n) is 4.01. The number of carbonyl (C=O) groups excluding carboxylic acids is 1. The van der Waals surface area contributed by atoms with Crippen molar-refractivity contribution < 1.29 is 28.5 Å². The molecule has 3 rings (SSSR count). The van der Waals surface area contributed by atoms with Crippen LogP contribution in [0.2, 0.25) is 0 Å². The molecule has 1 saturated heterocycles. The van der Waals surface area contributed by atoms with Gasteiger partial charge in [0.15, 0.2) is 0 Å². The van der Waals surface area contributed by atoms with E-state index in [0.29, 0.717) is 49.8 Å². The van der Waals surface area contributed by atoms with E-state index in [4.69, 9.17) is 14.2 Å². The quantitative estimate of drug-likeness (QED) is 0.539. The van der Waals surface area contributed by atoms with Crippen molar-refractivity contribution in [1.29, 1.82) is 0 Å². The lowest BCUT2D eigenvalue weighted by atomic mass is 10.1. The van der Waals surface area contributed by atoms with Crippen LogP contribution in [0.3, 0.4) is 0 Å². The minimum Gasteiger partial charge on any atom is -0.496 e. The van der Waals surface area contributed by atoms with Gasteiger partial charge < -0.3 is 24.2 Å². The van der Waals surface area contributed by atoms with Gasteiger partial charge in [-0.2, -0.15) is 0 Å². The smallest absolute Gasteiger partial charge is 0.257 e. The molecule has 1 aliphatic heterocycles. The van der Waals surface area contributed by atoms with Crippen molar-refractivity contribution in [3.8, 4) is 11.5 Å². The molecule has 0 aliphatic carbocycles. The van der Waals surface area contributed by atoms with Crippen molar-refractivity contribution in [1.82, 2.24) is 9.80 Å². The molecule has 8 heteroatoms. The van der Waals surface area contributed by atoms with E-state index in [1.807, 2.05) is 24.0 Å². The normalized spacial score (nSPS) is 18.2. The summed E-state index contributed by atoms with van der Waals surface area (Å²) >= 11 is 0. The average Bonchev–Trinajstić information content (AvgIpc) is 2.86. The van der Waals surface area contributed by atoms with E-state index in [9.17, 15) is 14.3 Å². The Labute approximate surface area is 201 Å². The van der Waals surface area contributed by atoms with Crippen molar-refractivity contribution in [3.63, 3.8) is 0 Å². The van der Waals surface area contributed by atoms with Crippen LogP contribution in [0.15, 0.2) is 48.5 Å². The number of halogens is 1. The van der Waals surface area contributed by atoms with E-state index in [1.165, 1.54) is 24.3 Å². The van der Waals surface area contributed by atoms with Gasteiger partial charge in [-0.3, -0.25) is 9.69 Å². The molecule has 1 aliphatic rings. The van der Waals surface area contributed by atoms with Crippen molar-refractivity contribution in [2.45, 2.75) is 38.5 Å². The molecule has 0 bridgehead atoms. The molecule has 2 aromatic rings. The number of ether oxygens (including phenoxy) is 3. The summed E-state index contributed by atoms with van der Waals surface area (Å²) in [6, 6.07) is 13.0. The highest BCUT2D eigenvalue weighted by atomic mass is 19.1. The van der Waals surface area contributed by atoms with Crippen LogP contribution < -0.4 is 9.47 Å². The van der Waals surface area contributed by atoms with Gasteiger partial charge in [0.2, 0.25) is 0 Å². The highest BCUT2D eigenvalue weighted by Gasteiger charge is 2.29. The highest BCUT2D eigenvalue weighted by Crippen LogP contribution is 2.22. The maximum absolute atomic E-state index is 13.4. The van der Waals surface area contributed by atoms with Gasteiger partial charge >= 0.3 is 0 Å². The topological polar surface area (TPSA) is 71.5 Å². The maximum atomic E-state index is 13.4. The first-order chi connectivity index (χ1) is 16.4. The van der Waals surface area contributed by atoms with Gasteiger partial charge in [-0.05, 0) is 49.7 Å². The number of rotatable bonds is 11. The second-order valence-electron chi connectivity index (χ2n) is 8.59. The van der Waals surface area contributed by atoms with Crippen LogP contribution in [0.5, 0.6) is 11.5 Å². The van der Waals surface area contributed by atoms with Crippen LogP contribution in [-0.4, -0.2) is 85.6 Å². The van der Waals surface area contributed by atoms with Crippen LogP contribution >= 0.6 is 0 Å². The number of benzene rings is 2. The molecule has 7 nitrogen and oxygen atoms in total. The summed E-state index contributed by atoms with van der Waals surface area (Å²) in [4.78, 5) is 17.4. The Balaban J connectivity index is 1.57. The summed E-state index contributed by atoms with van der Waals surface area (Å²) < 4.78 is 30.0. The molecule has 3 unspecified atom stereocenters. The first-order valence-electron chi connectivity index (χ1n) is 11.8. The Bertz CT molecular complexity index is 910. The summed E-state index contributed by atoms with van der Waals surface area (Å²) in [7, 11) is 1.56. The number of β-amino-alcohol motifs (C(OH)–C–C–N with tert-alkyl or cyclic N) is 1. The monoisotopic (exact) mass is 474 g/mol. The Morgan fingerprint density at radius 3 is 2.71 bits per heavy atom. The third kappa shape index (κ3) is 7.16. The summed E-state index contributed by atoms with van der Waals surface area (Å²) in [5.74, 6) is 0.652. The molecule has 0 spiro atoms. The van der Waals surface area contributed by atoms with Crippen LogP contribution in [0.25, 0.3) is 0 Å². The number of amides is 1. The molecule has 2 aromatic carbocycles. The molecule has 0 aromatic heterocycles. The third-order valence-corrected chi connectivity index (χ3v) is 6.07. The zero-order chi connectivity index (χ0) is 24.5. The third-order valence-electron chi connectivity index (χ3n) is 6.07. The maximum Gasteiger partial charge on any atom is 0.257 e. The van der Waals surface area contributed by atoms with Crippen molar-refractivity contribution >= 4 is 5.91 Å². The van der Waals surface area contributed by atoms with Gasteiger partial charge in [0.1, 0.15) is 30.0 Å². The Hall–Kier alpha value is -2.68. The lowest BCUT2D eigenvalue weighted by molar-refractivity contribution is -0.0564. The highest BCUT2D eigenvalue weighted by molar-refractivity contribution is 5.97. The second kappa shape index (κ2) is 12.7. The molecular weight excluding hydrogens is 439 g/mol. The molecule has 0 radical (unpaired) electrons. The number of para-hydroxylation sites is 1. The minimum atomic E-state index is -0.704. The Kier molecular flexibility index (Phi) is 9.68. The van der Waals surface area contributed by atoms with Gasteiger partial charge in [0, 0.05) is 32.2 Å². The van der Waals surface area contributed by atoms with Crippen LogP contribution in [0.1, 0.15) is 30.6 Å². The van der Waals surface area contributed by atoms with Crippen molar-refractivity contribution in [2.24, 2.45) is 0 Å². The van der Waals surface area contributed by atoms with Crippen molar-refractivity contribution in [2.75, 3.05) is 46.5 Å². The number of aliphatic hydroxyl groups is 1. The number of aliphatic hydroxyl groups excluding tert-OH is 1. The van der Waals surface area contributed by atoms with E-state index in [2.05, 4.69) is 11.8 Å². The molecule has 1 fully saturated rings. The van der Waals surface area contributed by atoms with Crippen LogP contribution in [0.4, 0.5) is 4.39 Å². The predicted octanol–water partition coefficient (Wildman–Crippen LogP) is 3.22. The molecule has 186 valence electrons. The standard InChI is InChI=1S/C26H35FN2O5/c1-4-19(2)29(26(31)24-7-5-6-8-25(24)32-3)17-23-16-28(13-14-33-23)15-21(30)18-34-22-11-9-20(27)10-12-22/h5-12,19,21,23,30H,4,13-18H2,1-3H3. The van der Waals surface area contributed by atoms with E-state index in [0.717, 1.165) is 6.42 Å². The van der Waals surface area contributed by atoms with Crippen molar-refractivity contribution in [3.05, 3.63) is 59.9 Å². The number of hydrogen-bond acceptors (Lipinski definition) is 6. The Morgan fingerprint density at radius 2 is 2.00 bits per heavy atom.